The number of hydrogen-bond acceptors (Lipinski definition) is 4. The number of amides is 2. The zero-order valence-corrected chi connectivity index (χ0v) is 13.8. The number of nitrogens with one attached hydrogen (secondary N) is 2. The molecule has 4 rings (SSSR count). The Morgan fingerprint density at radius 2 is 2.04 bits per heavy atom. The lowest BCUT2D eigenvalue weighted by atomic mass is 9.77. The van der Waals surface area contributed by atoms with Crippen LogP contribution in [0, 0.1) is 17.3 Å². The van der Waals surface area contributed by atoms with Crippen molar-refractivity contribution in [2.75, 3.05) is 10.7 Å². The summed E-state index contributed by atoms with van der Waals surface area (Å²) in [5.41, 5.74) is 3.33. The fraction of sp³-hybridized carbons (Fsp3) is 0.333. The molecule has 2 N–H and O–H groups in total. The van der Waals surface area contributed by atoms with Gasteiger partial charge in [-0.05, 0) is 42.9 Å². The summed E-state index contributed by atoms with van der Waals surface area (Å²) in [6.07, 6.45) is 9.12. The van der Waals surface area contributed by atoms with Crippen LogP contribution in [0.25, 0.3) is 0 Å². The van der Waals surface area contributed by atoms with Crippen molar-refractivity contribution in [1.82, 2.24) is 14.9 Å². The van der Waals surface area contributed by atoms with Gasteiger partial charge in [-0.2, -0.15) is 0 Å². The summed E-state index contributed by atoms with van der Waals surface area (Å²) in [4.78, 5) is 25.1. The topological polar surface area (TPSA) is 88.9 Å². The van der Waals surface area contributed by atoms with Crippen LogP contribution in [-0.4, -0.2) is 26.7 Å². The molecule has 0 spiro atoms. The van der Waals surface area contributed by atoms with Crippen LogP contribution in [0.15, 0.2) is 49.1 Å². The van der Waals surface area contributed by atoms with Gasteiger partial charge in [0.2, 0.25) is 5.91 Å². The Labute approximate surface area is 145 Å². The van der Waals surface area contributed by atoms with E-state index in [1.807, 2.05) is 6.92 Å². The lowest BCUT2D eigenvalue weighted by Crippen LogP contribution is -2.37. The molecule has 1 aromatic heterocycles. The van der Waals surface area contributed by atoms with Crippen molar-refractivity contribution in [3.05, 3.63) is 54.6 Å². The van der Waals surface area contributed by atoms with Gasteiger partial charge in [0.15, 0.2) is 0 Å². The van der Waals surface area contributed by atoms with E-state index in [2.05, 4.69) is 33.1 Å². The maximum atomic E-state index is 12.8. The first-order chi connectivity index (χ1) is 12.0. The number of fused-ring (bicyclic) bond motifs is 2. The number of carbonyl (C=O) groups is 2. The maximum Gasteiger partial charge on any atom is 0.270 e. The first kappa shape index (κ1) is 15.6. The number of benzene rings is 1. The Hall–Kier alpha value is -2.96. The molecule has 2 aliphatic carbocycles. The molecular formula is C18H19N5O2. The molecule has 3 unspecified atom stereocenters. The molecule has 1 fully saturated rings. The minimum absolute atomic E-state index is 0.0146. The molecule has 2 aromatic rings. The molecule has 2 aliphatic rings. The molecule has 7 heteroatoms. The van der Waals surface area contributed by atoms with Gasteiger partial charge in [0.05, 0.1) is 5.41 Å². The molecular weight excluding hydrogens is 318 g/mol. The average Bonchev–Trinajstić information content (AvgIpc) is 3.32. The summed E-state index contributed by atoms with van der Waals surface area (Å²) in [5, 5.41) is 10.2. The Balaban J connectivity index is 1.47. The number of nitrogens with zero attached hydrogens (tertiary/aromatic N) is 3. The first-order valence-electron chi connectivity index (χ1n) is 8.30. The third-order valence-corrected chi connectivity index (χ3v) is 5.23. The standard InChI is InChI=1S/C18H19N5O2/c1-18(9-12-5-6-14(18)7-12)17(25)21-15-4-2-3-13(8-15)16(24)22-23-10-19-20-11-23/h2-6,8,10-12,14H,7,9H2,1H3,(H,21,25)(H,22,24). The van der Waals surface area contributed by atoms with Crippen LogP contribution in [0.3, 0.4) is 0 Å². The van der Waals surface area contributed by atoms with Crippen LogP contribution in [0.2, 0.25) is 0 Å². The van der Waals surface area contributed by atoms with Gasteiger partial charge in [-0.25, -0.2) is 4.68 Å². The van der Waals surface area contributed by atoms with E-state index in [9.17, 15) is 9.59 Å². The van der Waals surface area contributed by atoms with Crippen molar-refractivity contribution in [3.63, 3.8) is 0 Å². The first-order valence-corrected chi connectivity index (χ1v) is 8.30. The van der Waals surface area contributed by atoms with E-state index in [4.69, 9.17) is 0 Å². The SMILES string of the molecule is CC1(C(=O)Nc2cccc(C(=O)Nn3cnnc3)c2)CC2C=CC1C2. The summed E-state index contributed by atoms with van der Waals surface area (Å²) in [6.45, 7) is 2.03. The van der Waals surface area contributed by atoms with E-state index < -0.39 is 0 Å². The summed E-state index contributed by atoms with van der Waals surface area (Å²) in [5.74, 6) is 0.532. The zero-order valence-electron chi connectivity index (χ0n) is 13.8. The maximum absolute atomic E-state index is 12.8. The molecule has 2 bridgehead atoms. The van der Waals surface area contributed by atoms with Crippen molar-refractivity contribution in [2.45, 2.75) is 19.8 Å². The van der Waals surface area contributed by atoms with Gasteiger partial charge < -0.3 is 5.32 Å². The minimum Gasteiger partial charge on any atom is -0.326 e. The third-order valence-electron chi connectivity index (χ3n) is 5.23. The van der Waals surface area contributed by atoms with Crippen molar-refractivity contribution in [2.24, 2.45) is 17.3 Å². The van der Waals surface area contributed by atoms with Gasteiger partial charge >= 0.3 is 0 Å². The Morgan fingerprint density at radius 1 is 1.24 bits per heavy atom. The predicted octanol–water partition coefficient (Wildman–Crippen LogP) is 2.20. The van der Waals surface area contributed by atoms with E-state index in [1.165, 1.54) is 17.3 Å². The third kappa shape index (κ3) is 2.82. The second kappa shape index (κ2) is 5.84. The van der Waals surface area contributed by atoms with Crippen molar-refractivity contribution in [1.29, 1.82) is 0 Å². The highest BCUT2D eigenvalue weighted by molar-refractivity contribution is 6.02. The number of rotatable bonds is 4. The molecule has 1 heterocycles. The average molecular weight is 337 g/mol. The molecule has 128 valence electrons. The second-order valence-corrected chi connectivity index (χ2v) is 6.95. The van der Waals surface area contributed by atoms with Gasteiger partial charge in [-0.1, -0.05) is 25.1 Å². The molecule has 1 saturated carbocycles. The van der Waals surface area contributed by atoms with Crippen LogP contribution >= 0.6 is 0 Å². The highest BCUT2D eigenvalue weighted by Crippen LogP contribution is 2.52. The van der Waals surface area contributed by atoms with Gasteiger partial charge in [-0.3, -0.25) is 15.0 Å². The van der Waals surface area contributed by atoms with Crippen LogP contribution in [0.1, 0.15) is 30.1 Å². The lowest BCUT2D eigenvalue weighted by molar-refractivity contribution is -0.126. The fourth-order valence-corrected chi connectivity index (χ4v) is 3.81. The van der Waals surface area contributed by atoms with E-state index in [0.717, 1.165) is 12.8 Å². The lowest BCUT2D eigenvalue weighted by Gasteiger charge is -2.29. The van der Waals surface area contributed by atoms with Crippen molar-refractivity contribution >= 4 is 17.5 Å². The quantitative estimate of drug-likeness (QED) is 0.837. The molecule has 0 saturated heterocycles. The number of allylic oxidation sites excluding steroid dienone is 2. The summed E-state index contributed by atoms with van der Waals surface area (Å²) >= 11 is 0. The van der Waals surface area contributed by atoms with Crippen molar-refractivity contribution < 1.29 is 9.59 Å². The van der Waals surface area contributed by atoms with Crippen LogP contribution < -0.4 is 10.7 Å². The van der Waals surface area contributed by atoms with E-state index in [-0.39, 0.29) is 17.2 Å². The Kier molecular flexibility index (Phi) is 3.63. The zero-order chi connectivity index (χ0) is 17.4. The van der Waals surface area contributed by atoms with Gasteiger partial charge in [0.25, 0.3) is 5.91 Å². The predicted molar refractivity (Wildman–Crippen MR) is 92.2 cm³/mol. The molecule has 25 heavy (non-hydrogen) atoms. The normalized spacial score (nSPS) is 26.6. The number of anilines is 1. The van der Waals surface area contributed by atoms with E-state index in [1.54, 1.807) is 24.3 Å². The Morgan fingerprint density at radius 3 is 2.72 bits per heavy atom. The summed E-state index contributed by atoms with van der Waals surface area (Å²) < 4.78 is 1.37. The molecule has 3 atom stereocenters. The monoisotopic (exact) mass is 337 g/mol. The summed E-state index contributed by atoms with van der Waals surface area (Å²) in [6, 6.07) is 6.90. The van der Waals surface area contributed by atoms with Crippen molar-refractivity contribution in [3.8, 4) is 0 Å². The smallest absolute Gasteiger partial charge is 0.270 e. The molecule has 0 radical (unpaired) electrons. The van der Waals surface area contributed by atoms with Gasteiger partial charge in [0, 0.05) is 11.3 Å². The fourth-order valence-electron chi connectivity index (χ4n) is 3.81. The second-order valence-electron chi connectivity index (χ2n) is 6.95. The van der Waals surface area contributed by atoms with Crippen LogP contribution in [0.5, 0.6) is 0 Å². The number of hydrogen-bond donors (Lipinski definition) is 2. The highest BCUT2D eigenvalue weighted by Gasteiger charge is 2.49. The summed E-state index contributed by atoms with van der Waals surface area (Å²) in [7, 11) is 0. The minimum atomic E-state index is -0.375. The number of carbonyl (C=O) groups excluding carboxylic acids is 2. The largest absolute Gasteiger partial charge is 0.326 e. The molecule has 0 aliphatic heterocycles. The highest BCUT2D eigenvalue weighted by atomic mass is 16.2. The van der Waals surface area contributed by atoms with Crippen LogP contribution in [0.4, 0.5) is 5.69 Å². The number of aromatic nitrogens is 3. The van der Waals surface area contributed by atoms with E-state index >= 15 is 0 Å². The van der Waals surface area contributed by atoms with E-state index in [0.29, 0.717) is 23.1 Å². The van der Waals surface area contributed by atoms with Gasteiger partial charge in [-0.15, -0.1) is 10.2 Å². The Bertz CT molecular complexity index is 845. The molecule has 7 nitrogen and oxygen atoms in total. The molecule has 2 amide bonds. The van der Waals surface area contributed by atoms with Crippen LogP contribution in [-0.2, 0) is 4.79 Å². The van der Waals surface area contributed by atoms with Gasteiger partial charge in [0.1, 0.15) is 12.7 Å². The molecule has 1 aromatic carbocycles.